The van der Waals surface area contributed by atoms with Crippen LogP contribution in [0.4, 0.5) is 0 Å². The zero-order valence-electron chi connectivity index (χ0n) is 25.4. The van der Waals surface area contributed by atoms with Crippen LogP contribution in [0.15, 0.2) is 34.9 Å². The smallest absolute Gasteiger partial charge is 0.306 e. The number of unbranched alkanes of at least 4 members (excludes halogenated alkanes) is 10. The fourth-order valence-electron chi connectivity index (χ4n) is 4.62. The molecule has 0 radical (unpaired) electrons. The van der Waals surface area contributed by atoms with Gasteiger partial charge in [-0.1, -0.05) is 113 Å². The van der Waals surface area contributed by atoms with Crippen LogP contribution < -0.4 is 0 Å². The predicted molar refractivity (Wildman–Crippen MR) is 160 cm³/mol. The molecule has 0 N–H and O–H groups in total. The van der Waals surface area contributed by atoms with Gasteiger partial charge in [-0.15, -0.1) is 0 Å². The van der Waals surface area contributed by atoms with Crippen LogP contribution in [0.25, 0.3) is 0 Å². The second-order valence-electron chi connectivity index (χ2n) is 11.7. The maximum Gasteiger partial charge on any atom is 0.306 e. The fraction of sp³-hybridized carbons (Fsp3) is 0.794. The van der Waals surface area contributed by atoms with E-state index >= 15 is 0 Å². The van der Waals surface area contributed by atoms with E-state index in [-0.39, 0.29) is 12.1 Å². The Labute approximate surface area is 226 Å². The van der Waals surface area contributed by atoms with Gasteiger partial charge >= 0.3 is 5.97 Å². The van der Waals surface area contributed by atoms with E-state index in [0.717, 1.165) is 51.4 Å². The first kappa shape index (κ1) is 34.7. The second kappa shape index (κ2) is 24.1. The van der Waals surface area contributed by atoms with Crippen LogP contribution in [0.3, 0.4) is 0 Å². The van der Waals surface area contributed by atoms with Gasteiger partial charge in [0.1, 0.15) is 6.10 Å². The Bertz CT molecular complexity index is 617. The van der Waals surface area contributed by atoms with Gasteiger partial charge < -0.3 is 4.74 Å². The van der Waals surface area contributed by atoms with Crippen molar-refractivity contribution in [2.45, 2.75) is 170 Å². The molecule has 2 atom stereocenters. The molecule has 0 aromatic carbocycles. The third-order valence-electron chi connectivity index (χ3n) is 6.98. The van der Waals surface area contributed by atoms with E-state index in [1.54, 1.807) is 0 Å². The molecule has 2 nitrogen and oxygen atoms in total. The number of esters is 1. The normalized spacial score (nSPS) is 13.2. The van der Waals surface area contributed by atoms with Crippen LogP contribution in [-0.4, -0.2) is 12.1 Å². The predicted octanol–water partition coefficient (Wildman–Crippen LogP) is 11.5. The summed E-state index contributed by atoms with van der Waals surface area (Å²) in [5.41, 5.74) is 4.16. The number of hydrogen-bond donors (Lipinski definition) is 0. The molecular formula is C34H62O2. The van der Waals surface area contributed by atoms with Gasteiger partial charge in [-0.3, -0.25) is 4.79 Å². The summed E-state index contributed by atoms with van der Waals surface area (Å²) in [7, 11) is 0. The summed E-state index contributed by atoms with van der Waals surface area (Å²) in [4.78, 5) is 12.6. The van der Waals surface area contributed by atoms with Crippen LogP contribution in [0.5, 0.6) is 0 Å². The molecule has 0 rings (SSSR count). The van der Waals surface area contributed by atoms with Gasteiger partial charge in [0.2, 0.25) is 0 Å². The molecule has 0 saturated heterocycles. The zero-order chi connectivity index (χ0) is 27.0. The van der Waals surface area contributed by atoms with E-state index in [1.165, 1.54) is 74.5 Å². The minimum Gasteiger partial charge on any atom is -0.462 e. The Balaban J connectivity index is 4.41. The lowest BCUT2D eigenvalue weighted by Gasteiger charge is -2.21. The van der Waals surface area contributed by atoms with Crippen molar-refractivity contribution in [1.82, 2.24) is 0 Å². The van der Waals surface area contributed by atoms with Crippen molar-refractivity contribution in [3.05, 3.63) is 34.9 Å². The molecule has 0 aliphatic heterocycles. The van der Waals surface area contributed by atoms with E-state index in [9.17, 15) is 4.79 Å². The van der Waals surface area contributed by atoms with Crippen LogP contribution in [0.1, 0.15) is 164 Å². The molecule has 210 valence electrons. The summed E-state index contributed by atoms with van der Waals surface area (Å²) in [5, 5.41) is 0. The number of rotatable bonds is 23. The highest BCUT2D eigenvalue weighted by Gasteiger charge is 2.17. The molecule has 0 fully saturated rings. The highest BCUT2D eigenvalue weighted by atomic mass is 16.5. The molecular weight excluding hydrogens is 440 g/mol. The molecule has 2 unspecified atom stereocenters. The maximum atomic E-state index is 12.6. The van der Waals surface area contributed by atoms with Gasteiger partial charge in [0.25, 0.3) is 0 Å². The minimum absolute atomic E-state index is 0.00279. The van der Waals surface area contributed by atoms with Crippen LogP contribution in [0, 0.1) is 5.92 Å². The summed E-state index contributed by atoms with van der Waals surface area (Å²) in [5.74, 6) is 0.558. The average molecular weight is 503 g/mol. The van der Waals surface area contributed by atoms with Gasteiger partial charge in [0, 0.05) is 12.8 Å². The standard InChI is InChI=1S/C34H62O2/c1-8-9-10-11-12-13-14-15-16-17-18-25-34(35)36-33(28-32(7)24-20-22-30(4)5)27-26-31(6)23-19-21-29(2)3/h21-22,26,32-33H,8-20,23-25,27-28H2,1-7H3/b31-26+. The lowest BCUT2D eigenvalue weighted by atomic mass is 9.95. The fourth-order valence-corrected chi connectivity index (χ4v) is 4.62. The first-order chi connectivity index (χ1) is 17.2. The number of carbonyl (C=O) groups is 1. The SMILES string of the molecule is CCCCCCCCCCCCCC(=O)OC(C/C=C(\C)CCC=C(C)C)CC(C)CCC=C(C)C. The molecule has 0 amide bonds. The quantitative estimate of drug-likeness (QED) is 0.0788. The largest absolute Gasteiger partial charge is 0.462 e. The monoisotopic (exact) mass is 502 g/mol. The molecule has 0 aromatic rings. The van der Waals surface area contributed by atoms with E-state index in [4.69, 9.17) is 4.74 Å². The highest BCUT2D eigenvalue weighted by molar-refractivity contribution is 5.69. The minimum atomic E-state index is 0.00279. The number of ether oxygens (including phenoxy) is 1. The lowest BCUT2D eigenvalue weighted by Crippen LogP contribution is -2.20. The van der Waals surface area contributed by atoms with Crippen LogP contribution >= 0.6 is 0 Å². The first-order valence-corrected chi connectivity index (χ1v) is 15.4. The molecule has 0 saturated carbocycles. The Morgan fingerprint density at radius 2 is 1.22 bits per heavy atom. The van der Waals surface area contributed by atoms with Crippen molar-refractivity contribution in [2.24, 2.45) is 5.92 Å². The van der Waals surface area contributed by atoms with E-state index in [1.807, 2.05) is 0 Å². The second-order valence-corrected chi connectivity index (χ2v) is 11.7. The molecule has 36 heavy (non-hydrogen) atoms. The van der Waals surface area contributed by atoms with Crippen LogP contribution in [-0.2, 0) is 9.53 Å². The Hall–Kier alpha value is -1.31. The number of hydrogen-bond acceptors (Lipinski definition) is 2. The third-order valence-corrected chi connectivity index (χ3v) is 6.98. The van der Waals surface area contributed by atoms with E-state index in [2.05, 4.69) is 66.7 Å². The molecule has 0 bridgehead atoms. The Morgan fingerprint density at radius 3 is 1.78 bits per heavy atom. The molecule has 0 spiro atoms. The van der Waals surface area contributed by atoms with Crippen molar-refractivity contribution in [3.8, 4) is 0 Å². The maximum absolute atomic E-state index is 12.6. The van der Waals surface area contributed by atoms with Crippen molar-refractivity contribution in [1.29, 1.82) is 0 Å². The van der Waals surface area contributed by atoms with Gasteiger partial charge in [0.15, 0.2) is 0 Å². The van der Waals surface area contributed by atoms with Gasteiger partial charge in [0.05, 0.1) is 0 Å². The number of carbonyl (C=O) groups excluding carboxylic acids is 1. The third kappa shape index (κ3) is 24.4. The molecule has 0 aliphatic carbocycles. The van der Waals surface area contributed by atoms with Gasteiger partial charge in [-0.25, -0.2) is 0 Å². The van der Waals surface area contributed by atoms with Crippen molar-refractivity contribution >= 4 is 5.97 Å². The summed E-state index contributed by atoms with van der Waals surface area (Å²) < 4.78 is 6.02. The summed E-state index contributed by atoms with van der Waals surface area (Å²) in [6.07, 6.45) is 28.1. The highest BCUT2D eigenvalue weighted by Crippen LogP contribution is 2.21. The summed E-state index contributed by atoms with van der Waals surface area (Å²) in [6, 6.07) is 0. The summed E-state index contributed by atoms with van der Waals surface area (Å²) >= 11 is 0. The average Bonchev–Trinajstić information content (AvgIpc) is 2.80. The first-order valence-electron chi connectivity index (χ1n) is 15.4. The Kier molecular flexibility index (Phi) is 23.2. The summed E-state index contributed by atoms with van der Waals surface area (Å²) in [6.45, 7) is 15.4. The zero-order valence-corrected chi connectivity index (χ0v) is 25.4. The van der Waals surface area contributed by atoms with Crippen molar-refractivity contribution < 1.29 is 9.53 Å². The molecule has 0 aromatic heterocycles. The van der Waals surface area contributed by atoms with Gasteiger partial charge in [-0.05, 0) is 79.1 Å². The molecule has 0 heterocycles. The topological polar surface area (TPSA) is 26.3 Å². The molecule has 0 aliphatic rings. The van der Waals surface area contributed by atoms with Crippen molar-refractivity contribution in [3.63, 3.8) is 0 Å². The van der Waals surface area contributed by atoms with E-state index < -0.39 is 0 Å². The lowest BCUT2D eigenvalue weighted by molar-refractivity contribution is -0.149. The van der Waals surface area contributed by atoms with Crippen LogP contribution in [0.2, 0.25) is 0 Å². The molecule has 2 heteroatoms. The van der Waals surface area contributed by atoms with E-state index in [0.29, 0.717) is 12.3 Å². The Morgan fingerprint density at radius 1 is 0.694 bits per heavy atom. The van der Waals surface area contributed by atoms with Gasteiger partial charge in [-0.2, -0.15) is 0 Å². The van der Waals surface area contributed by atoms with Crippen molar-refractivity contribution in [2.75, 3.05) is 0 Å². The number of allylic oxidation sites excluding steroid dienone is 5.